The molecule has 0 radical (unpaired) electrons. The Morgan fingerprint density at radius 2 is 1.88 bits per heavy atom. The van der Waals surface area contributed by atoms with Crippen molar-refractivity contribution in [2.24, 2.45) is 5.73 Å². The first-order chi connectivity index (χ1) is 15.3. The maximum Gasteiger partial charge on any atom is 0.264 e. The van der Waals surface area contributed by atoms with Crippen LogP contribution >= 0.6 is 22.9 Å². The summed E-state index contributed by atoms with van der Waals surface area (Å²) in [6.07, 6.45) is 4.58. The lowest BCUT2D eigenvalue weighted by Gasteiger charge is -2.29. The first-order valence-corrected chi connectivity index (χ1v) is 11.6. The Morgan fingerprint density at radius 1 is 1.19 bits per heavy atom. The minimum atomic E-state index is -0.527. The molecule has 3 N–H and O–H groups in total. The second kappa shape index (κ2) is 9.30. The van der Waals surface area contributed by atoms with Gasteiger partial charge in [-0.25, -0.2) is 9.67 Å². The summed E-state index contributed by atoms with van der Waals surface area (Å²) < 4.78 is 7.67. The molecule has 3 aromatic rings. The lowest BCUT2D eigenvalue weighted by Crippen LogP contribution is -2.40. The highest BCUT2D eigenvalue weighted by Crippen LogP contribution is 2.29. The summed E-state index contributed by atoms with van der Waals surface area (Å²) in [7, 11) is 0. The predicted molar refractivity (Wildman–Crippen MR) is 123 cm³/mol. The van der Waals surface area contributed by atoms with Gasteiger partial charge in [-0.1, -0.05) is 11.6 Å². The van der Waals surface area contributed by atoms with Crippen LogP contribution in [0.4, 0.5) is 0 Å². The number of amides is 2. The number of hydrogen-bond acceptors (Lipinski definition) is 6. The first-order valence-electron chi connectivity index (χ1n) is 10.4. The van der Waals surface area contributed by atoms with Crippen molar-refractivity contribution in [2.75, 3.05) is 0 Å². The fraction of sp³-hybridized carbons (Fsp3) is 0.364. The second-order valence-electron chi connectivity index (χ2n) is 7.83. The highest BCUT2D eigenvalue weighted by molar-refractivity contribution is 7.13. The Hall–Kier alpha value is -2.91. The molecule has 1 fully saturated rings. The van der Waals surface area contributed by atoms with Crippen molar-refractivity contribution < 1.29 is 14.3 Å². The van der Waals surface area contributed by atoms with Gasteiger partial charge in [0.15, 0.2) is 4.88 Å². The number of halogens is 1. The van der Waals surface area contributed by atoms with Gasteiger partial charge in [0.05, 0.1) is 28.1 Å². The molecule has 8 nitrogen and oxygen atoms in total. The van der Waals surface area contributed by atoms with Crippen LogP contribution in [-0.2, 0) is 0 Å². The molecule has 4 rings (SSSR count). The van der Waals surface area contributed by atoms with Crippen LogP contribution in [0.25, 0.3) is 5.69 Å². The molecule has 0 unspecified atom stereocenters. The molecule has 2 amide bonds. The summed E-state index contributed by atoms with van der Waals surface area (Å²) in [6.45, 7) is 3.68. The number of benzene rings is 1. The van der Waals surface area contributed by atoms with Gasteiger partial charge in [-0.2, -0.15) is 5.10 Å². The largest absolute Gasteiger partial charge is 0.473 e. The van der Waals surface area contributed by atoms with Crippen LogP contribution < -0.4 is 15.8 Å². The standard InChI is InChI=1S/C22H24ClN5O3S/c1-12-18(11-25-28(12)16-7-3-14(23)4-8-16)21(30)27-15-5-9-17(10-6-15)31-22-19(20(24)29)32-13(2)26-22/h3-4,7-8,11,15,17H,5-6,9-10H2,1-2H3,(H2,24,29)(H,27,30)/t15-,17-. The zero-order valence-electron chi connectivity index (χ0n) is 17.8. The van der Waals surface area contributed by atoms with Crippen molar-refractivity contribution in [3.63, 3.8) is 0 Å². The minimum absolute atomic E-state index is 0.0495. The molecule has 0 bridgehead atoms. The molecule has 0 aliphatic heterocycles. The van der Waals surface area contributed by atoms with E-state index in [0.29, 0.717) is 21.3 Å². The molecule has 2 aromatic heterocycles. The quantitative estimate of drug-likeness (QED) is 0.565. The summed E-state index contributed by atoms with van der Waals surface area (Å²) in [5.74, 6) is -0.350. The van der Waals surface area contributed by atoms with Crippen molar-refractivity contribution in [1.29, 1.82) is 0 Å². The lowest BCUT2D eigenvalue weighted by molar-refractivity contribution is 0.0882. The van der Waals surface area contributed by atoms with Crippen LogP contribution in [0, 0.1) is 13.8 Å². The number of nitrogens with two attached hydrogens (primary N) is 1. The molecule has 1 saturated carbocycles. The van der Waals surface area contributed by atoms with Crippen LogP contribution in [0.5, 0.6) is 5.88 Å². The van der Waals surface area contributed by atoms with E-state index in [1.54, 1.807) is 23.0 Å². The number of nitrogens with zero attached hydrogens (tertiary/aromatic N) is 3. The van der Waals surface area contributed by atoms with E-state index in [1.165, 1.54) is 11.3 Å². The number of thiazole rings is 1. The van der Waals surface area contributed by atoms with Crippen molar-refractivity contribution in [3.05, 3.63) is 56.6 Å². The van der Waals surface area contributed by atoms with Crippen molar-refractivity contribution >= 4 is 34.8 Å². The topological polar surface area (TPSA) is 112 Å². The van der Waals surface area contributed by atoms with E-state index >= 15 is 0 Å². The number of ether oxygens (including phenoxy) is 1. The molecule has 0 spiro atoms. The number of rotatable bonds is 6. The highest BCUT2D eigenvalue weighted by atomic mass is 35.5. The number of aryl methyl sites for hydroxylation is 1. The van der Waals surface area contributed by atoms with Crippen LogP contribution in [0.3, 0.4) is 0 Å². The molecule has 168 valence electrons. The van der Waals surface area contributed by atoms with Gasteiger partial charge in [0.1, 0.15) is 6.10 Å². The third kappa shape index (κ3) is 4.78. The van der Waals surface area contributed by atoms with Gasteiger partial charge in [-0.3, -0.25) is 9.59 Å². The van der Waals surface area contributed by atoms with E-state index in [-0.39, 0.29) is 18.1 Å². The number of aromatic nitrogens is 3. The van der Waals surface area contributed by atoms with Crippen LogP contribution in [0.15, 0.2) is 30.5 Å². The zero-order valence-corrected chi connectivity index (χ0v) is 19.4. The molecule has 32 heavy (non-hydrogen) atoms. The fourth-order valence-electron chi connectivity index (χ4n) is 3.86. The normalized spacial score (nSPS) is 18.3. The van der Waals surface area contributed by atoms with Gasteiger partial charge in [-0.05, 0) is 63.8 Å². The molecular formula is C22H24ClN5O3S. The van der Waals surface area contributed by atoms with Crippen LogP contribution in [-0.4, -0.2) is 38.7 Å². The molecule has 0 atom stereocenters. The van der Waals surface area contributed by atoms with E-state index in [4.69, 9.17) is 22.1 Å². The van der Waals surface area contributed by atoms with Gasteiger partial charge in [-0.15, -0.1) is 11.3 Å². The average molecular weight is 474 g/mol. The Balaban J connectivity index is 1.34. The van der Waals surface area contributed by atoms with Crippen molar-refractivity contribution in [1.82, 2.24) is 20.1 Å². The third-order valence-corrected chi connectivity index (χ3v) is 6.76. The Kier molecular flexibility index (Phi) is 6.48. The monoisotopic (exact) mass is 473 g/mol. The smallest absolute Gasteiger partial charge is 0.264 e. The summed E-state index contributed by atoms with van der Waals surface area (Å²) in [6, 6.07) is 7.35. The van der Waals surface area contributed by atoms with Gasteiger partial charge >= 0.3 is 0 Å². The van der Waals surface area contributed by atoms with Crippen molar-refractivity contribution in [3.8, 4) is 11.6 Å². The number of hydrogen-bond donors (Lipinski definition) is 2. The summed E-state index contributed by atoms with van der Waals surface area (Å²) in [5, 5.41) is 8.86. The Morgan fingerprint density at radius 3 is 2.53 bits per heavy atom. The molecule has 2 heterocycles. The molecule has 1 aliphatic carbocycles. The number of primary amides is 1. The number of carbonyl (C=O) groups excluding carboxylic acids is 2. The van der Waals surface area contributed by atoms with E-state index in [9.17, 15) is 9.59 Å². The van der Waals surface area contributed by atoms with E-state index < -0.39 is 5.91 Å². The van der Waals surface area contributed by atoms with E-state index in [2.05, 4.69) is 15.4 Å². The number of carbonyl (C=O) groups is 2. The zero-order chi connectivity index (χ0) is 22.8. The highest BCUT2D eigenvalue weighted by Gasteiger charge is 2.27. The minimum Gasteiger partial charge on any atom is -0.473 e. The summed E-state index contributed by atoms with van der Waals surface area (Å²) in [5.41, 5.74) is 7.57. The van der Waals surface area contributed by atoms with E-state index in [1.807, 2.05) is 26.0 Å². The fourth-order valence-corrected chi connectivity index (χ4v) is 4.70. The molecular weight excluding hydrogens is 450 g/mol. The third-order valence-electron chi connectivity index (χ3n) is 5.54. The van der Waals surface area contributed by atoms with Crippen LogP contribution in [0.2, 0.25) is 5.02 Å². The van der Waals surface area contributed by atoms with Gasteiger partial charge in [0.2, 0.25) is 5.88 Å². The SMILES string of the molecule is Cc1nc(O[C@H]2CC[C@H](NC(=O)c3cnn(-c4ccc(Cl)cc4)c3C)CC2)c(C(N)=O)s1. The molecule has 10 heteroatoms. The van der Waals surface area contributed by atoms with Crippen LogP contribution in [0.1, 0.15) is 56.4 Å². The molecule has 1 aliphatic rings. The maximum atomic E-state index is 12.9. The lowest BCUT2D eigenvalue weighted by atomic mass is 9.92. The van der Waals surface area contributed by atoms with Gasteiger partial charge < -0.3 is 15.8 Å². The molecule has 0 saturated heterocycles. The van der Waals surface area contributed by atoms with Gasteiger partial charge in [0, 0.05) is 11.1 Å². The predicted octanol–water partition coefficient (Wildman–Crippen LogP) is 3.82. The summed E-state index contributed by atoms with van der Waals surface area (Å²) >= 11 is 7.19. The van der Waals surface area contributed by atoms with E-state index in [0.717, 1.165) is 42.1 Å². The Bertz CT molecular complexity index is 1130. The summed E-state index contributed by atoms with van der Waals surface area (Å²) in [4.78, 5) is 29.1. The second-order valence-corrected chi connectivity index (χ2v) is 9.47. The first kappa shape index (κ1) is 22.3. The number of nitrogens with one attached hydrogen (secondary N) is 1. The van der Waals surface area contributed by atoms with Gasteiger partial charge in [0.25, 0.3) is 11.8 Å². The Labute approximate surface area is 194 Å². The molecule has 1 aromatic carbocycles. The maximum absolute atomic E-state index is 12.9. The average Bonchev–Trinajstić information content (AvgIpc) is 3.32. The van der Waals surface area contributed by atoms with Crippen molar-refractivity contribution in [2.45, 2.75) is 51.7 Å².